The fraction of sp³-hybridized carbons (Fsp3) is 0.214. The van der Waals surface area contributed by atoms with Crippen LogP contribution in [0.5, 0.6) is 0 Å². The van der Waals surface area contributed by atoms with E-state index in [9.17, 15) is 0 Å². The zero-order chi connectivity index (χ0) is 11.8. The third kappa shape index (κ3) is 1.54. The number of hydrogen-bond donors (Lipinski definition) is 0. The summed E-state index contributed by atoms with van der Waals surface area (Å²) in [6.45, 7) is 4.94. The van der Waals surface area contributed by atoms with Crippen molar-refractivity contribution in [2.75, 3.05) is 0 Å². The molecule has 0 N–H and O–H groups in total. The van der Waals surface area contributed by atoms with Gasteiger partial charge in [-0.25, -0.2) is 0 Å². The lowest BCUT2D eigenvalue weighted by Gasteiger charge is -2.06. The molecule has 0 saturated carbocycles. The average Bonchev–Trinajstić information content (AvgIpc) is 2.76. The van der Waals surface area contributed by atoms with Gasteiger partial charge in [0.1, 0.15) is 5.58 Å². The molecule has 3 aromatic rings. The summed E-state index contributed by atoms with van der Waals surface area (Å²) in [6.07, 6.45) is 4.89. The van der Waals surface area contributed by atoms with Crippen LogP contribution in [0.1, 0.15) is 6.92 Å². The van der Waals surface area contributed by atoms with Crippen LogP contribution in [0.2, 0.25) is 13.1 Å². The fourth-order valence-corrected chi connectivity index (χ4v) is 2.30. The van der Waals surface area contributed by atoms with Crippen molar-refractivity contribution in [3.8, 4) is 0 Å². The van der Waals surface area contributed by atoms with E-state index in [1.165, 1.54) is 16.2 Å². The van der Waals surface area contributed by atoms with Crippen LogP contribution in [0, 0.1) is 0 Å². The minimum Gasteiger partial charge on any atom is -0.454 e. The third-order valence-corrected chi connectivity index (χ3v) is 3.46. The first-order valence-electron chi connectivity index (χ1n) is 6.06. The predicted molar refractivity (Wildman–Crippen MR) is 73.2 cm³/mol. The van der Waals surface area contributed by atoms with Gasteiger partial charge in [0.2, 0.25) is 0 Å². The number of nitrogens with zero attached hydrogens (tertiary/aromatic N) is 1. The number of hydrogen-bond acceptors (Lipinski definition) is 2. The highest BCUT2D eigenvalue weighted by Crippen LogP contribution is 2.26. The lowest BCUT2D eigenvalue weighted by atomic mass is 9.45. The van der Waals surface area contributed by atoms with Crippen LogP contribution in [0.4, 0.5) is 0 Å². The fourth-order valence-electron chi connectivity index (χ4n) is 2.30. The highest BCUT2D eigenvalue weighted by atomic mass is 16.3. The Balaban J connectivity index is 2.43. The summed E-state index contributed by atoms with van der Waals surface area (Å²) >= 11 is 0. The summed E-state index contributed by atoms with van der Waals surface area (Å²) in [4.78, 5) is 4.28. The third-order valence-electron chi connectivity index (χ3n) is 3.46. The van der Waals surface area contributed by atoms with E-state index < -0.39 is 0 Å². The molecule has 0 amide bonds. The molecule has 3 heteroatoms. The molecule has 0 fully saturated rings. The van der Waals surface area contributed by atoms with Crippen LogP contribution < -0.4 is 5.46 Å². The van der Waals surface area contributed by atoms with Crippen LogP contribution >= 0.6 is 0 Å². The standard InChI is InChI=1S/C14H14BNO/c1-3-15(2)11-8-16-9-13-14(11)10-6-4-5-7-12(10)17-13/h4-9H,3H2,1-2H3. The molecule has 2 nitrogen and oxygen atoms in total. The SMILES string of the molecule is CCB(C)c1cncc2oc3ccccc3c12. The van der Waals surface area contributed by atoms with Crippen molar-refractivity contribution >= 4 is 34.1 Å². The highest BCUT2D eigenvalue weighted by molar-refractivity contribution is 6.74. The zero-order valence-corrected chi connectivity index (χ0v) is 10.1. The van der Waals surface area contributed by atoms with Crippen LogP contribution in [-0.4, -0.2) is 11.7 Å². The lowest BCUT2D eigenvalue weighted by molar-refractivity contribution is 0.667. The van der Waals surface area contributed by atoms with Crippen LogP contribution in [0.25, 0.3) is 21.9 Å². The summed E-state index contributed by atoms with van der Waals surface area (Å²) in [5.41, 5.74) is 3.12. The molecule has 0 spiro atoms. The number of fused-ring (bicyclic) bond motifs is 3. The van der Waals surface area contributed by atoms with Gasteiger partial charge >= 0.3 is 0 Å². The summed E-state index contributed by atoms with van der Waals surface area (Å²) in [5, 5.41) is 2.42. The Morgan fingerprint density at radius 2 is 2.00 bits per heavy atom. The van der Waals surface area contributed by atoms with Crippen LogP contribution in [0.15, 0.2) is 41.1 Å². The molecular formula is C14H14BNO. The second kappa shape index (κ2) is 3.92. The molecule has 0 radical (unpaired) electrons. The summed E-state index contributed by atoms with van der Waals surface area (Å²) in [6, 6.07) is 8.18. The molecule has 0 aliphatic carbocycles. The summed E-state index contributed by atoms with van der Waals surface area (Å²) in [5.74, 6) is 0. The van der Waals surface area contributed by atoms with Gasteiger partial charge in [-0.2, -0.15) is 0 Å². The first kappa shape index (κ1) is 10.4. The minimum absolute atomic E-state index is 0.507. The van der Waals surface area contributed by atoms with Crippen molar-refractivity contribution in [2.45, 2.75) is 20.1 Å². The monoisotopic (exact) mass is 223 g/mol. The van der Waals surface area contributed by atoms with Crippen molar-refractivity contribution in [3.63, 3.8) is 0 Å². The quantitative estimate of drug-likeness (QED) is 0.622. The Hall–Kier alpha value is -1.77. The van der Waals surface area contributed by atoms with Gasteiger partial charge in [-0.1, -0.05) is 43.7 Å². The van der Waals surface area contributed by atoms with Gasteiger partial charge in [0.15, 0.2) is 12.3 Å². The van der Waals surface area contributed by atoms with Crippen molar-refractivity contribution in [2.24, 2.45) is 0 Å². The molecule has 0 unspecified atom stereocenters. The van der Waals surface area contributed by atoms with E-state index >= 15 is 0 Å². The molecule has 0 saturated heterocycles. The average molecular weight is 223 g/mol. The number of benzene rings is 1. The second-order valence-electron chi connectivity index (χ2n) is 4.51. The Labute approximate surface area is 101 Å². The molecule has 0 atom stereocenters. The maximum Gasteiger partial charge on any atom is 0.175 e. The van der Waals surface area contributed by atoms with Gasteiger partial charge < -0.3 is 4.42 Å². The smallest absolute Gasteiger partial charge is 0.175 e. The molecular weight excluding hydrogens is 209 g/mol. The maximum absolute atomic E-state index is 5.83. The van der Waals surface area contributed by atoms with Gasteiger partial charge in [-0.15, -0.1) is 0 Å². The van der Waals surface area contributed by atoms with Gasteiger partial charge in [-0.3, -0.25) is 4.98 Å². The van der Waals surface area contributed by atoms with Gasteiger partial charge in [-0.05, 0) is 6.07 Å². The Bertz CT molecular complexity index is 674. The van der Waals surface area contributed by atoms with E-state index in [2.05, 4.69) is 30.9 Å². The molecule has 2 heterocycles. The zero-order valence-electron chi connectivity index (χ0n) is 10.1. The Morgan fingerprint density at radius 3 is 2.82 bits per heavy atom. The normalized spacial score (nSPS) is 11.2. The molecule has 1 aromatic carbocycles. The van der Waals surface area contributed by atoms with Gasteiger partial charge in [0.25, 0.3) is 0 Å². The molecule has 2 aromatic heterocycles. The van der Waals surface area contributed by atoms with E-state index in [0.717, 1.165) is 17.5 Å². The van der Waals surface area contributed by atoms with E-state index in [-0.39, 0.29) is 0 Å². The number of rotatable bonds is 2. The van der Waals surface area contributed by atoms with Crippen molar-refractivity contribution < 1.29 is 4.42 Å². The molecule has 3 rings (SSSR count). The second-order valence-corrected chi connectivity index (χ2v) is 4.51. The van der Waals surface area contributed by atoms with E-state index in [4.69, 9.17) is 4.42 Å². The Morgan fingerprint density at radius 1 is 1.18 bits per heavy atom. The molecule has 84 valence electrons. The minimum atomic E-state index is 0.507. The first-order chi connectivity index (χ1) is 8.31. The van der Waals surface area contributed by atoms with E-state index in [0.29, 0.717) is 6.71 Å². The first-order valence-corrected chi connectivity index (χ1v) is 6.06. The van der Waals surface area contributed by atoms with Gasteiger partial charge in [0.05, 0.1) is 6.20 Å². The predicted octanol–water partition coefficient (Wildman–Crippen LogP) is 3.33. The van der Waals surface area contributed by atoms with Crippen LogP contribution in [-0.2, 0) is 0 Å². The highest BCUT2D eigenvalue weighted by Gasteiger charge is 2.16. The largest absolute Gasteiger partial charge is 0.454 e. The molecule has 0 aliphatic heterocycles. The maximum atomic E-state index is 5.83. The van der Waals surface area contributed by atoms with Crippen molar-refractivity contribution in [3.05, 3.63) is 36.7 Å². The number of para-hydroxylation sites is 1. The Kier molecular flexibility index (Phi) is 2.39. The topological polar surface area (TPSA) is 26.0 Å². The molecule has 0 aliphatic rings. The van der Waals surface area contributed by atoms with E-state index in [1.54, 1.807) is 6.20 Å². The molecule has 0 bridgehead atoms. The van der Waals surface area contributed by atoms with Crippen molar-refractivity contribution in [1.82, 2.24) is 4.98 Å². The van der Waals surface area contributed by atoms with Crippen LogP contribution in [0.3, 0.4) is 0 Å². The van der Waals surface area contributed by atoms with E-state index in [1.807, 2.05) is 18.3 Å². The number of pyridine rings is 1. The summed E-state index contributed by atoms with van der Waals surface area (Å²) in [7, 11) is 0. The molecule has 17 heavy (non-hydrogen) atoms. The lowest BCUT2D eigenvalue weighted by Crippen LogP contribution is -2.26. The van der Waals surface area contributed by atoms with Gasteiger partial charge in [0, 0.05) is 17.0 Å². The summed E-state index contributed by atoms with van der Waals surface area (Å²) < 4.78 is 5.83. The number of aromatic nitrogens is 1. The number of furan rings is 1. The van der Waals surface area contributed by atoms with Crippen molar-refractivity contribution in [1.29, 1.82) is 0 Å².